The number of aliphatic carboxylic acids is 1. The van der Waals surface area contributed by atoms with Crippen molar-refractivity contribution < 1.29 is 19.4 Å². The summed E-state index contributed by atoms with van der Waals surface area (Å²) in [6.45, 7) is 0. The zero-order valence-corrected chi connectivity index (χ0v) is 8.93. The van der Waals surface area contributed by atoms with E-state index in [0.717, 1.165) is 0 Å². The lowest BCUT2D eigenvalue weighted by molar-refractivity contribution is -0.148. The average Bonchev–Trinajstić information content (AvgIpc) is 2.61. The summed E-state index contributed by atoms with van der Waals surface area (Å²) in [5.74, 6) is -1.61. The van der Waals surface area contributed by atoms with Gasteiger partial charge in [0.15, 0.2) is 5.58 Å². The van der Waals surface area contributed by atoms with Crippen LogP contribution in [0, 0.1) is 0 Å². The Morgan fingerprint density at radius 2 is 2.27 bits per heavy atom. The Morgan fingerprint density at radius 3 is 2.87 bits per heavy atom. The standard InChI is InChI=1S/C9H6BrNO4/c10-4-2-1-3-5-6(4)11-8(15-5)7(12)9(13)14/h1-3,7,12H,(H,13,14). The number of aliphatic hydroxyl groups is 1. The Balaban J connectivity index is 2.56. The van der Waals surface area contributed by atoms with Crippen LogP contribution in [0.25, 0.3) is 11.1 Å². The fourth-order valence-electron chi connectivity index (χ4n) is 1.15. The van der Waals surface area contributed by atoms with Gasteiger partial charge in [-0.25, -0.2) is 9.78 Å². The molecule has 0 saturated heterocycles. The van der Waals surface area contributed by atoms with Crippen molar-refractivity contribution in [3.8, 4) is 0 Å². The van der Waals surface area contributed by atoms with Gasteiger partial charge < -0.3 is 14.6 Å². The number of carboxylic acid groups (broad SMARTS) is 1. The first-order chi connectivity index (χ1) is 7.09. The van der Waals surface area contributed by atoms with Gasteiger partial charge in [0.1, 0.15) is 5.52 Å². The van der Waals surface area contributed by atoms with Gasteiger partial charge in [0.05, 0.1) is 0 Å². The Labute approximate surface area is 92.5 Å². The van der Waals surface area contributed by atoms with Crippen molar-refractivity contribution in [1.29, 1.82) is 0 Å². The summed E-state index contributed by atoms with van der Waals surface area (Å²) in [5, 5.41) is 17.8. The molecule has 0 bridgehead atoms. The summed E-state index contributed by atoms with van der Waals surface area (Å²) in [6.07, 6.45) is -1.73. The zero-order valence-electron chi connectivity index (χ0n) is 7.35. The van der Waals surface area contributed by atoms with Crippen LogP contribution in [0.3, 0.4) is 0 Å². The Hall–Kier alpha value is -1.40. The van der Waals surface area contributed by atoms with Gasteiger partial charge in [-0.3, -0.25) is 0 Å². The van der Waals surface area contributed by atoms with E-state index in [1.807, 2.05) is 0 Å². The molecule has 15 heavy (non-hydrogen) atoms. The van der Waals surface area contributed by atoms with Crippen LogP contribution in [0.1, 0.15) is 12.0 Å². The van der Waals surface area contributed by atoms with E-state index >= 15 is 0 Å². The summed E-state index contributed by atoms with van der Waals surface area (Å²) in [5.41, 5.74) is 0.924. The molecule has 0 aliphatic carbocycles. The molecule has 6 heteroatoms. The number of benzene rings is 1. The first kappa shape index (κ1) is 10.1. The zero-order chi connectivity index (χ0) is 11.0. The molecule has 0 spiro atoms. The van der Waals surface area contributed by atoms with Crippen molar-refractivity contribution in [1.82, 2.24) is 4.98 Å². The van der Waals surface area contributed by atoms with Gasteiger partial charge in [-0.2, -0.15) is 0 Å². The third-order valence-electron chi connectivity index (χ3n) is 1.85. The Bertz CT molecular complexity index is 522. The molecule has 2 aromatic rings. The fourth-order valence-corrected chi connectivity index (χ4v) is 1.59. The van der Waals surface area contributed by atoms with Gasteiger partial charge in [0, 0.05) is 4.47 Å². The van der Waals surface area contributed by atoms with E-state index < -0.39 is 12.1 Å². The highest BCUT2D eigenvalue weighted by atomic mass is 79.9. The number of halogens is 1. The van der Waals surface area contributed by atoms with E-state index in [9.17, 15) is 9.90 Å². The molecule has 78 valence electrons. The Kier molecular flexibility index (Phi) is 2.45. The minimum atomic E-state index is -1.73. The Morgan fingerprint density at radius 1 is 1.53 bits per heavy atom. The van der Waals surface area contributed by atoms with Crippen molar-refractivity contribution in [2.75, 3.05) is 0 Å². The van der Waals surface area contributed by atoms with Crippen molar-refractivity contribution >= 4 is 33.0 Å². The topological polar surface area (TPSA) is 83.6 Å². The highest BCUT2D eigenvalue weighted by Crippen LogP contribution is 2.26. The number of carbonyl (C=O) groups is 1. The molecule has 1 aromatic carbocycles. The van der Waals surface area contributed by atoms with E-state index in [0.29, 0.717) is 15.6 Å². The molecule has 0 aliphatic rings. The summed E-state index contributed by atoms with van der Waals surface area (Å²) in [6, 6.07) is 5.13. The molecule has 2 N–H and O–H groups in total. The normalized spacial score (nSPS) is 12.9. The van der Waals surface area contributed by atoms with Crippen molar-refractivity contribution in [3.05, 3.63) is 28.6 Å². The number of nitrogens with zero attached hydrogens (tertiary/aromatic N) is 1. The number of aromatic nitrogens is 1. The second-order valence-electron chi connectivity index (χ2n) is 2.88. The number of hydrogen-bond acceptors (Lipinski definition) is 4. The second kappa shape index (κ2) is 3.63. The number of rotatable bonds is 2. The molecule has 0 radical (unpaired) electrons. The maximum absolute atomic E-state index is 10.5. The van der Waals surface area contributed by atoms with Crippen LogP contribution in [0.4, 0.5) is 0 Å². The van der Waals surface area contributed by atoms with Crippen molar-refractivity contribution in [2.45, 2.75) is 6.10 Å². The monoisotopic (exact) mass is 271 g/mol. The van der Waals surface area contributed by atoms with Crippen LogP contribution in [-0.2, 0) is 4.79 Å². The lowest BCUT2D eigenvalue weighted by Gasteiger charge is -1.96. The molecule has 0 aliphatic heterocycles. The first-order valence-corrected chi connectivity index (χ1v) is 4.84. The number of para-hydroxylation sites is 1. The summed E-state index contributed by atoms with van der Waals surface area (Å²) < 4.78 is 5.79. The van der Waals surface area contributed by atoms with Gasteiger partial charge in [-0.15, -0.1) is 0 Å². The molecular formula is C9H6BrNO4. The van der Waals surface area contributed by atoms with Crippen molar-refractivity contribution in [3.63, 3.8) is 0 Å². The average molecular weight is 272 g/mol. The van der Waals surface area contributed by atoms with E-state index in [1.54, 1.807) is 18.2 Å². The molecule has 1 unspecified atom stereocenters. The summed E-state index contributed by atoms with van der Waals surface area (Å²) in [7, 11) is 0. The lowest BCUT2D eigenvalue weighted by Crippen LogP contribution is -2.10. The second-order valence-corrected chi connectivity index (χ2v) is 3.73. The maximum atomic E-state index is 10.5. The van der Waals surface area contributed by atoms with Crippen molar-refractivity contribution in [2.24, 2.45) is 0 Å². The van der Waals surface area contributed by atoms with Gasteiger partial charge in [-0.1, -0.05) is 6.07 Å². The maximum Gasteiger partial charge on any atom is 0.342 e. The van der Waals surface area contributed by atoms with Crippen LogP contribution in [-0.4, -0.2) is 21.2 Å². The fraction of sp³-hybridized carbons (Fsp3) is 0.111. The van der Waals surface area contributed by atoms with E-state index in [4.69, 9.17) is 9.52 Å². The predicted octanol–water partition coefficient (Wildman–Crippen LogP) is 1.71. The number of fused-ring (bicyclic) bond motifs is 1. The highest BCUT2D eigenvalue weighted by molar-refractivity contribution is 9.10. The minimum Gasteiger partial charge on any atom is -0.479 e. The molecule has 0 saturated carbocycles. The first-order valence-electron chi connectivity index (χ1n) is 4.05. The van der Waals surface area contributed by atoms with Crippen LogP contribution in [0.5, 0.6) is 0 Å². The van der Waals surface area contributed by atoms with Gasteiger partial charge in [-0.05, 0) is 28.1 Å². The van der Waals surface area contributed by atoms with Gasteiger partial charge >= 0.3 is 5.97 Å². The predicted molar refractivity (Wildman–Crippen MR) is 54.3 cm³/mol. The third-order valence-corrected chi connectivity index (χ3v) is 2.49. The largest absolute Gasteiger partial charge is 0.479 e. The molecule has 0 fully saturated rings. The van der Waals surface area contributed by atoms with Gasteiger partial charge in [0.2, 0.25) is 12.0 Å². The molecule has 5 nitrogen and oxygen atoms in total. The highest BCUT2D eigenvalue weighted by Gasteiger charge is 2.22. The summed E-state index contributed by atoms with van der Waals surface area (Å²) >= 11 is 3.24. The lowest BCUT2D eigenvalue weighted by atomic mass is 10.3. The van der Waals surface area contributed by atoms with E-state index in [-0.39, 0.29) is 5.89 Å². The molecule has 1 heterocycles. The molecule has 1 atom stereocenters. The van der Waals surface area contributed by atoms with E-state index in [2.05, 4.69) is 20.9 Å². The van der Waals surface area contributed by atoms with Gasteiger partial charge in [0.25, 0.3) is 0 Å². The van der Waals surface area contributed by atoms with Crippen LogP contribution in [0.15, 0.2) is 27.1 Å². The number of oxazole rings is 1. The molecule has 2 rings (SSSR count). The molecule has 1 aromatic heterocycles. The molecule has 0 amide bonds. The van der Waals surface area contributed by atoms with Crippen LogP contribution < -0.4 is 0 Å². The van der Waals surface area contributed by atoms with Crippen LogP contribution >= 0.6 is 15.9 Å². The SMILES string of the molecule is O=C(O)C(O)c1nc2c(Br)cccc2o1. The summed E-state index contributed by atoms with van der Waals surface area (Å²) in [4.78, 5) is 14.4. The number of carboxylic acids is 1. The number of hydrogen-bond donors (Lipinski definition) is 2. The minimum absolute atomic E-state index is 0.218. The number of aliphatic hydroxyl groups excluding tert-OH is 1. The smallest absolute Gasteiger partial charge is 0.342 e. The van der Waals surface area contributed by atoms with Crippen LogP contribution in [0.2, 0.25) is 0 Å². The van der Waals surface area contributed by atoms with E-state index in [1.165, 1.54) is 0 Å². The third kappa shape index (κ3) is 1.73. The quantitative estimate of drug-likeness (QED) is 0.869. The molecular weight excluding hydrogens is 266 g/mol.